The van der Waals surface area contributed by atoms with Crippen molar-refractivity contribution in [1.82, 2.24) is 5.32 Å². The normalized spacial score (nSPS) is 9.94. The monoisotopic (exact) mass is 262 g/mol. The topological polar surface area (TPSA) is 15.3 Å². The van der Waals surface area contributed by atoms with Crippen molar-refractivity contribution in [2.75, 3.05) is 11.9 Å². The second kappa shape index (κ2) is 5.80. The van der Waals surface area contributed by atoms with Gasteiger partial charge in [0, 0.05) is 17.6 Å². The molecule has 2 rings (SSSR count). The van der Waals surface area contributed by atoms with Crippen molar-refractivity contribution in [1.29, 1.82) is 0 Å². The highest BCUT2D eigenvalue weighted by Crippen LogP contribution is 2.12. The fraction of sp³-hybridized carbons (Fsp3) is 0.154. The zero-order valence-electron chi connectivity index (χ0n) is 9.59. The van der Waals surface area contributed by atoms with E-state index in [1.54, 1.807) is 11.3 Å². The van der Waals surface area contributed by atoms with Crippen LogP contribution in [0.25, 0.3) is 0 Å². The van der Waals surface area contributed by atoms with Crippen LogP contribution in [0, 0.1) is 0 Å². The summed E-state index contributed by atoms with van der Waals surface area (Å²) in [6.45, 7) is 0.785. The Bertz CT molecular complexity index is 465. The number of nitrogens with zero attached hydrogens (tertiary/aromatic N) is 1. The molecule has 0 aliphatic rings. The van der Waals surface area contributed by atoms with Crippen LogP contribution in [0.2, 0.25) is 0 Å². The molecule has 1 aromatic carbocycles. The molecule has 2 aromatic rings. The fourth-order valence-corrected chi connectivity index (χ4v) is 2.29. The minimum atomic E-state index is 0.740. The summed E-state index contributed by atoms with van der Waals surface area (Å²) in [6, 6.07) is 14.2. The molecule has 4 heteroatoms. The quantitative estimate of drug-likeness (QED) is 0.855. The second-order valence-corrected chi connectivity index (χ2v) is 5.05. The summed E-state index contributed by atoms with van der Waals surface area (Å²) >= 11 is 7.08. The van der Waals surface area contributed by atoms with Crippen LogP contribution in [0.1, 0.15) is 4.88 Å². The number of hydrogen-bond donors (Lipinski definition) is 1. The van der Waals surface area contributed by atoms with Gasteiger partial charge >= 0.3 is 0 Å². The molecule has 1 N–H and O–H groups in total. The highest BCUT2D eigenvalue weighted by Gasteiger charge is 2.05. The van der Waals surface area contributed by atoms with Crippen LogP contribution in [0.5, 0.6) is 0 Å². The lowest BCUT2D eigenvalue weighted by Crippen LogP contribution is -2.36. The molecular weight excluding hydrogens is 248 g/mol. The molecule has 1 aromatic heterocycles. The van der Waals surface area contributed by atoms with Gasteiger partial charge in [-0.1, -0.05) is 24.3 Å². The maximum absolute atomic E-state index is 5.35. The molecule has 0 aliphatic carbocycles. The third-order valence-corrected chi connectivity index (χ3v) is 3.74. The third-order valence-electron chi connectivity index (χ3n) is 2.44. The Hall–Kier alpha value is -1.39. The first-order valence-electron chi connectivity index (χ1n) is 5.36. The van der Waals surface area contributed by atoms with E-state index in [1.165, 1.54) is 4.88 Å². The van der Waals surface area contributed by atoms with Gasteiger partial charge < -0.3 is 10.2 Å². The third kappa shape index (κ3) is 3.28. The van der Waals surface area contributed by atoms with Crippen LogP contribution < -0.4 is 10.2 Å². The van der Waals surface area contributed by atoms with Crippen molar-refractivity contribution in [3.8, 4) is 0 Å². The van der Waals surface area contributed by atoms with Gasteiger partial charge in [0.1, 0.15) is 0 Å². The maximum atomic E-state index is 5.35. The minimum Gasteiger partial charge on any atom is -0.357 e. The van der Waals surface area contributed by atoms with Crippen molar-refractivity contribution in [3.63, 3.8) is 0 Å². The van der Waals surface area contributed by atoms with E-state index < -0.39 is 0 Å². The lowest BCUT2D eigenvalue weighted by Gasteiger charge is -2.20. The molecule has 0 saturated carbocycles. The Morgan fingerprint density at radius 2 is 2.00 bits per heavy atom. The summed E-state index contributed by atoms with van der Waals surface area (Å²) in [5.74, 6) is 0. The summed E-state index contributed by atoms with van der Waals surface area (Å²) in [4.78, 5) is 3.26. The maximum Gasteiger partial charge on any atom is 0.173 e. The van der Waals surface area contributed by atoms with E-state index in [0.29, 0.717) is 0 Å². The number of benzene rings is 1. The average Bonchev–Trinajstić information content (AvgIpc) is 2.89. The van der Waals surface area contributed by atoms with Crippen LogP contribution in [-0.2, 0) is 6.54 Å². The molecule has 0 bridgehead atoms. The number of thiophene rings is 1. The van der Waals surface area contributed by atoms with E-state index in [9.17, 15) is 0 Å². The summed E-state index contributed by atoms with van der Waals surface area (Å²) < 4.78 is 0. The first-order valence-corrected chi connectivity index (χ1v) is 6.65. The lowest BCUT2D eigenvalue weighted by atomic mass is 10.3. The van der Waals surface area contributed by atoms with Gasteiger partial charge in [0.2, 0.25) is 0 Å². The minimum absolute atomic E-state index is 0.740. The van der Waals surface area contributed by atoms with Gasteiger partial charge in [-0.05, 0) is 35.8 Å². The lowest BCUT2D eigenvalue weighted by molar-refractivity contribution is 0.926. The van der Waals surface area contributed by atoms with Crippen LogP contribution in [0.15, 0.2) is 47.8 Å². The van der Waals surface area contributed by atoms with Crippen LogP contribution in [0.4, 0.5) is 5.69 Å². The Labute approximate surface area is 111 Å². The van der Waals surface area contributed by atoms with E-state index in [2.05, 4.69) is 16.8 Å². The molecule has 2 nitrogen and oxygen atoms in total. The first kappa shape index (κ1) is 12.1. The number of rotatable bonds is 3. The Balaban J connectivity index is 1.92. The summed E-state index contributed by atoms with van der Waals surface area (Å²) in [6.07, 6.45) is 0. The molecular formula is C13H14N2S2. The Kier molecular flexibility index (Phi) is 4.12. The molecule has 0 fully saturated rings. The summed E-state index contributed by atoms with van der Waals surface area (Å²) in [7, 11) is 1.97. The summed E-state index contributed by atoms with van der Waals surface area (Å²) in [5, 5.41) is 6.06. The predicted molar refractivity (Wildman–Crippen MR) is 78.6 cm³/mol. The van der Waals surface area contributed by atoms with Crippen LogP contribution >= 0.6 is 23.6 Å². The molecule has 0 atom stereocenters. The molecule has 0 aliphatic heterocycles. The van der Waals surface area contributed by atoms with Crippen LogP contribution in [0.3, 0.4) is 0 Å². The van der Waals surface area contributed by atoms with E-state index in [4.69, 9.17) is 12.2 Å². The van der Waals surface area contributed by atoms with E-state index >= 15 is 0 Å². The second-order valence-electron chi connectivity index (χ2n) is 3.63. The van der Waals surface area contributed by atoms with Gasteiger partial charge in [0.25, 0.3) is 0 Å². The number of para-hydroxylation sites is 1. The standard InChI is InChI=1S/C13H14N2S2/c1-15(11-6-3-2-4-7-11)13(16)14-10-12-8-5-9-17-12/h2-9H,10H2,1H3,(H,14,16). The molecule has 0 amide bonds. The number of nitrogens with one attached hydrogen (secondary N) is 1. The van der Waals surface area contributed by atoms with Crippen molar-refractivity contribution in [3.05, 3.63) is 52.7 Å². The first-order chi connectivity index (χ1) is 8.27. The molecule has 0 unspecified atom stereocenters. The zero-order chi connectivity index (χ0) is 12.1. The summed E-state index contributed by atoms with van der Waals surface area (Å²) in [5.41, 5.74) is 1.09. The largest absolute Gasteiger partial charge is 0.357 e. The average molecular weight is 262 g/mol. The molecule has 0 spiro atoms. The van der Waals surface area contributed by atoms with Crippen molar-refractivity contribution < 1.29 is 0 Å². The number of thiocarbonyl (C=S) groups is 1. The van der Waals surface area contributed by atoms with Gasteiger partial charge in [0.15, 0.2) is 5.11 Å². The Morgan fingerprint density at radius 1 is 1.24 bits per heavy atom. The number of anilines is 1. The van der Waals surface area contributed by atoms with E-state index in [0.717, 1.165) is 17.3 Å². The highest BCUT2D eigenvalue weighted by atomic mass is 32.1. The molecule has 17 heavy (non-hydrogen) atoms. The molecule has 1 heterocycles. The number of hydrogen-bond acceptors (Lipinski definition) is 2. The molecule has 0 radical (unpaired) electrons. The van der Waals surface area contributed by atoms with Gasteiger partial charge in [-0.2, -0.15) is 0 Å². The Morgan fingerprint density at radius 3 is 2.65 bits per heavy atom. The predicted octanol–water partition coefficient (Wildman–Crippen LogP) is 3.26. The zero-order valence-corrected chi connectivity index (χ0v) is 11.2. The molecule has 0 saturated heterocycles. The van der Waals surface area contributed by atoms with E-state index in [-0.39, 0.29) is 0 Å². The smallest absolute Gasteiger partial charge is 0.173 e. The van der Waals surface area contributed by atoms with Crippen molar-refractivity contribution >= 4 is 34.4 Å². The van der Waals surface area contributed by atoms with Gasteiger partial charge in [-0.15, -0.1) is 11.3 Å². The highest BCUT2D eigenvalue weighted by molar-refractivity contribution is 7.80. The fourth-order valence-electron chi connectivity index (χ4n) is 1.46. The SMILES string of the molecule is CN(C(=S)NCc1cccs1)c1ccccc1. The van der Waals surface area contributed by atoms with Gasteiger partial charge in [-0.25, -0.2) is 0 Å². The van der Waals surface area contributed by atoms with Crippen molar-refractivity contribution in [2.45, 2.75) is 6.54 Å². The van der Waals surface area contributed by atoms with Crippen LogP contribution in [-0.4, -0.2) is 12.2 Å². The molecule has 88 valence electrons. The van der Waals surface area contributed by atoms with Gasteiger partial charge in [-0.3, -0.25) is 0 Å². The van der Waals surface area contributed by atoms with Crippen molar-refractivity contribution in [2.24, 2.45) is 0 Å². The van der Waals surface area contributed by atoms with E-state index in [1.807, 2.05) is 48.3 Å². The van der Waals surface area contributed by atoms with Gasteiger partial charge in [0.05, 0.1) is 6.54 Å².